The lowest BCUT2D eigenvalue weighted by atomic mass is 9.80. The number of thiazole rings is 1. The molecule has 0 unspecified atom stereocenters. The zero-order chi connectivity index (χ0) is 11.4. The SMILES string of the molecule is CC(C)C1CCC(NCc2cncs2)CC1. The van der Waals surface area contributed by atoms with Crippen LogP contribution in [0.1, 0.15) is 44.4 Å². The van der Waals surface area contributed by atoms with Crippen molar-refractivity contribution in [2.75, 3.05) is 0 Å². The Balaban J connectivity index is 1.69. The Morgan fingerprint density at radius 2 is 2.12 bits per heavy atom. The lowest BCUT2D eigenvalue weighted by Crippen LogP contribution is -2.33. The maximum absolute atomic E-state index is 4.10. The van der Waals surface area contributed by atoms with Crippen molar-refractivity contribution in [2.24, 2.45) is 11.8 Å². The highest BCUT2D eigenvalue weighted by atomic mass is 32.1. The quantitative estimate of drug-likeness (QED) is 0.869. The second-order valence-corrected chi connectivity index (χ2v) is 6.18. The lowest BCUT2D eigenvalue weighted by molar-refractivity contribution is 0.238. The molecule has 0 radical (unpaired) electrons. The predicted octanol–water partition coefficient (Wildman–Crippen LogP) is 3.45. The molecule has 0 amide bonds. The van der Waals surface area contributed by atoms with E-state index in [-0.39, 0.29) is 0 Å². The molecule has 0 aliphatic heterocycles. The van der Waals surface area contributed by atoms with Crippen molar-refractivity contribution in [3.63, 3.8) is 0 Å². The first-order valence-corrected chi connectivity index (χ1v) is 7.24. The van der Waals surface area contributed by atoms with Crippen LogP contribution in [0.15, 0.2) is 11.7 Å². The largest absolute Gasteiger partial charge is 0.309 e. The van der Waals surface area contributed by atoms with Crippen LogP contribution in [0.2, 0.25) is 0 Å². The third kappa shape index (κ3) is 3.29. The van der Waals surface area contributed by atoms with Crippen molar-refractivity contribution in [3.05, 3.63) is 16.6 Å². The van der Waals surface area contributed by atoms with Crippen LogP contribution >= 0.6 is 11.3 Å². The third-order valence-corrected chi connectivity index (χ3v) is 4.54. The summed E-state index contributed by atoms with van der Waals surface area (Å²) in [6.45, 7) is 5.72. The molecular formula is C13H22N2S. The van der Waals surface area contributed by atoms with Gasteiger partial charge in [0, 0.05) is 23.7 Å². The zero-order valence-corrected chi connectivity index (χ0v) is 11.1. The highest BCUT2D eigenvalue weighted by Crippen LogP contribution is 2.29. The Morgan fingerprint density at radius 3 is 2.69 bits per heavy atom. The molecule has 0 bridgehead atoms. The highest BCUT2D eigenvalue weighted by molar-refractivity contribution is 7.09. The van der Waals surface area contributed by atoms with E-state index in [1.54, 1.807) is 11.3 Å². The van der Waals surface area contributed by atoms with Gasteiger partial charge in [0.25, 0.3) is 0 Å². The minimum absolute atomic E-state index is 0.733. The van der Waals surface area contributed by atoms with Crippen LogP contribution in [-0.2, 0) is 6.54 Å². The predicted molar refractivity (Wildman–Crippen MR) is 69.5 cm³/mol. The maximum Gasteiger partial charge on any atom is 0.0794 e. The molecule has 1 aromatic heterocycles. The smallest absolute Gasteiger partial charge is 0.0794 e. The van der Waals surface area contributed by atoms with Crippen LogP contribution in [0.4, 0.5) is 0 Å². The second-order valence-electron chi connectivity index (χ2n) is 5.20. The van der Waals surface area contributed by atoms with Gasteiger partial charge < -0.3 is 5.32 Å². The minimum atomic E-state index is 0.733. The molecule has 1 aromatic rings. The van der Waals surface area contributed by atoms with Crippen LogP contribution in [0, 0.1) is 11.8 Å². The van der Waals surface area contributed by atoms with Gasteiger partial charge in [0.1, 0.15) is 0 Å². The van der Waals surface area contributed by atoms with E-state index in [9.17, 15) is 0 Å². The normalized spacial score (nSPS) is 26.2. The van der Waals surface area contributed by atoms with E-state index >= 15 is 0 Å². The first-order chi connectivity index (χ1) is 7.75. The second kappa shape index (κ2) is 5.78. The summed E-state index contributed by atoms with van der Waals surface area (Å²) in [5, 5.41) is 3.65. The monoisotopic (exact) mass is 238 g/mol. The van der Waals surface area contributed by atoms with E-state index in [0.29, 0.717) is 0 Å². The molecule has 90 valence electrons. The van der Waals surface area contributed by atoms with Crippen molar-refractivity contribution in [1.29, 1.82) is 0 Å². The standard InChI is InChI=1S/C13H22N2S/c1-10(2)11-3-5-12(6-4-11)15-8-13-7-14-9-16-13/h7,9-12,15H,3-6,8H2,1-2H3. The van der Waals surface area contributed by atoms with Crippen LogP contribution in [-0.4, -0.2) is 11.0 Å². The van der Waals surface area contributed by atoms with Crippen molar-refractivity contribution >= 4 is 11.3 Å². The van der Waals surface area contributed by atoms with Crippen LogP contribution in [0.3, 0.4) is 0 Å². The molecule has 0 aromatic carbocycles. The fraction of sp³-hybridized carbons (Fsp3) is 0.769. The molecule has 0 saturated heterocycles. The Labute approximate surface area is 102 Å². The molecular weight excluding hydrogens is 216 g/mol. The van der Waals surface area contributed by atoms with E-state index in [0.717, 1.165) is 24.4 Å². The maximum atomic E-state index is 4.10. The van der Waals surface area contributed by atoms with Crippen LogP contribution in [0.5, 0.6) is 0 Å². The first kappa shape index (κ1) is 12.1. The summed E-state index contributed by atoms with van der Waals surface area (Å²) in [4.78, 5) is 5.45. The summed E-state index contributed by atoms with van der Waals surface area (Å²) < 4.78 is 0. The number of nitrogens with zero attached hydrogens (tertiary/aromatic N) is 1. The van der Waals surface area contributed by atoms with E-state index in [1.165, 1.54) is 30.6 Å². The highest BCUT2D eigenvalue weighted by Gasteiger charge is 2.22. The minimum Gasteiger partial charge on any atom is -0.309 e. The van der Waals surface area contributed by atoms with Crippen molar-refractivity contribution in [2.45, 2.75) is 52.1 Å². The topological polar surface area (TPSA) is 24.9 Å². The average Bonchev–Trinajstić information content (AvgIpc) is 2.80. The van der Waals surface area contributed by atoms with Crippen LogP contribution in [0.25, 0.3) is 0 Å². The van der Waals surface area contributed by atoms with Gasteiger partial charge in [0.2, 0.25) is 0 Å². The molecule has 2 nitrogen and oxygen atoms in total. The Morgan fingerprint density at radius 1 is 1.38 bits per heavy atom. The number of aromatic nitrogens is 1. The summed E-state index contributed by atoms with van der Waals surface area (Å²) in [5.74, 6) is 1.82. The number of hydrogen-bond acceptors (Lipinski definition) is 3. The van der Waals surface area contributed by atoms with Gasteiger partial charge in [-0.2, -0.15) is 0 Å². The van der Waals surface area contributed by atoms with Crippen molar-refractivity contribution < 1.29 is 0 Å². The Kier molecular flexibility index (Phi) is 4.36. The molecule has 0 atom stereocenters. The fourth-order valence-electron chi connectivity index (χ4n) is 2.56. The molecule has 1 aliphatic rings. The summed E-state index contributed by atoms with van der Waals surface area (Å²) in [6.07, 6.45) is 7.47. The van der Waals surface area contributed by atoms with Crippen molar-refractivity contribution in [1.82, 2.24) is 10.3 Å². The molecule has 3 heteroatoms. The molecule has 1 heterocycles. The molecule has 0 spiro atoms. The van der Waals surface area contributed by atoms with Gasteiger partial charge in [0.05, 0.1) is 5.51 Å². The average molecular weight is 238 g/mol. The summed E-state index contributed by atoms with van der Waals surface area (Å²) in [7, 11) is 0. The van der Waals surface area contributed by atoms with Crippen molar-refractivity contribution in [3.8, 4) is 0 Å². The Hall–Kier alpha value is -0.410. The number of nitrogens with one attached hydrogen (secondary N) is 1. The van der Waals surface area contributed by atoms with E-state index in [4.69, 9.17) is 0 Å². The van der Waals surface area contributed by atoms with Gasteiger partial charge in [-0.3, -0.25) is 4.98 Å². The van der Waals surface area contributed by atoms with E-state index in [1.807, 2.05) is 11.7 Å². The first-order valence-electron chi connectivity index (χ1n) is 6.36. The van der Waals surface area contributed by atoms with Gasteiger partial charge in [-0.05, 0) is 37.5 Å². The summed E-state index contributed by atoms with van der Waals surface area (Å²) in [5.41, 5.74) is 1.91. The van der Waals surface area contributed by atoms with E-state index < -0.39 is 0 Å². The zero-order valence-electron chi connectivity index (χ0n) is 10.3. The van der Waals surface area contributed by atoms with Crippen LogP contribution < -0.4 is 5.32 Å². The third-order valence-electron chi connectivity index (χ3n) is 3.76. The fourth-order valence-corrected chi connectivity index (χ4v) is 3.11. The van der Waals surface area contributed by atoms with Gasteiger partial charge in [-0.1, -0.05) is 13.8 Å². The molecule has 1 fully saturated rings. The summed E-state index contributed by atoms with van der Waals surface area (Å²) in [6, 6.07) is 0.733. The molecule has 16 heavy (non-hydrogen) atoms. The Bertz CT molecular complexity index is 287. The molecule has 1 saturated carbocycles. The van der Waals surface area contributed by atoms with Gasteiger partial charge in [0.15, 0.2) is 0 Å². The van der Waals surface area contributed by atoms with Gasteiger partial charge >= 0.3 is 0 Å². The molecule has 2 rings (SSSR count). The number of rotatable bonds is 4. The number of hydrogen-bond donors (Lipinski definition) is 1. The summed E-state index contributed by atoms with van der Waals surface area (Å²) >= 11 is 1.74. The van der Waals surface area contributed by atoms with E-state index in [2.05, 4.69) is 24.1 Å². The molecule has 1 N–H and O–H groups in total. The van der Waals surface area contributed by atoms with Gasteiger partial charge in [-0.15, -0.1) is 11.3 Å². The lowest BCUT2D eigenvalue weighted by Gasteiger charge is -2.31. The molecule has 1 aliphatic carbocycles. The van der Waals surface area contributed by atoms with Gasteiger partial charge in [-0.25, -0.2) is 0 Å².